The van der Waals surface area contributed by atoms with E-state index in [1.165, 1.54) is 25.9 Å². The van der Waals surface area contributed by atoms with Gasteiger partial charge in [-0.05, 0) is 31.0 Å². The van der Waals surface area contributed by atoms with Crippen LogP contribution in [0.4, 0.5) is 0 Å². The van der Waals surface area contributed by atoms with E-state index in [0.717, 1.165) is 0 Å². The highest BCUT2D eigenvalue weighted by molar-refractivity contribution is 5.89. The molecule has 2 rings (SSSR count). The second-order valence-corrected chi connectivity index (χ2v) is 4.58. The highest BCUT2D eigenvalue weighted by atomic mass is 16.4. The molecule has 0 unspecified atom stereocenters. The Labute approximate surface area is 118 Å². The number of benzene rings is 1. The van der Waals surface area contributed by atoms with Gasteiger partial charge in [0, 0.05) is 25.2 Å². The van der Waals surface area contributed by atoms with Crippen LogP contribution in [0.25, 0.3) is 0 Å². The van der Waals surface area contributed by atoms with Crippen molar-refractivity contribution >= 4 is 11.9 Å². The maximum atomic E-state index is 9.55. The topological polar surface area (TPSA) is 77.8 Å². The van der Waals surface area contributed by atoms with Crippen molar-refractivity contribution < 1.29 is 19.8 Å². The number of hydrogen-bond donors (Lipinski definition) is 2. The summed E-state index contributed by atoms with van der Waals surface area (Å²) in [5.41, 5.74) is 3.09. The van der Waals surface area contributed by atoms with Crippen LogP contribution in [0.15, 0.2) is 36.4 Å². The molecule has 0 saturated heterocycles. The summed E-state index contributed by atoms with van der Waals surface area (Å²) in [5, 5.41) is 15.6. The Morgan fingerprint density at radius 1 is 1.00 bits per heavy atom. The molecular weight excluding hydrogens is 258 g/mol. The first-order valence-corrected chi connectivity index (χ1v) is 6.38. The summed E-state index contributed by atoms with van der Waals surface area (Å²) in [4.78, 5) is 21.5. The number of carboxylic acid groups (broad SMARTS) is 2. The standard InChI is InChI=1S/C11H15N.C4H4O4/c1-12-8-6-10-4-2-3-5-11(10)7-9-12;5-3(6)1-2-4(7)8/h2-5H,6-9H2,1H3;1-2H,(H,5,6)(H,7,8)/b;2-1-. The van der Waals surface area contributed by atoms with Crippen molar-refractivity contribution in [2.24, 2.45) is 0 Å². The summed E-state index contributed by atoms with van der Waals surface area (Å²) in [6, 6.07) is 8.80. The molecule has 0 aromatic heterocycles. The molecule has 0 amide bonds. The number of aliphatic carboxylic acids is 2. The van der Waals surface area contributed by atoms with Crippen molar-refractivity contribution in [1.29, 1.82) is 0 Å². The van der Waals surface area contributed by atoms with Gasteiger partial charge in [-0.2, -0.15) is 0 Å². The molecule has 0 radical (unpaired) electrons. The summed E-state index contributed by atoms with van der Waals surface area (Å²) in [5.74, 6) is -2.51. The van der Waals surface area contributed by atoms with E-state index in [4.69, 9.17) is 10.2 Å². The quantitative estimate of drug-likeness (QED) is 0.800. The van der Waals surface area contributed by atoms with Gasteiger partial charge in [-0.3, -0.25) is 0 Å². The van der Waals surface area contributed by atoms with Crippen LogP contribution in [0.5, 0.6) is 0 Å². The Morgan fingerprint density at radius 3 is 1.75 bits per heavy atom. The molecule has 0 spiro atoms. The maximum absolute atomic E-state index is 9.55. The second-order valence-electron chi connectivity index (χ2n) is 4.58. The minimum Gasteiger partial charge on any atom is -0.478 e. The molecule has 5 nitrogen and oxygen atoms in total. The number of nitrogens with zero attached hydrogens (tertiary/aromatic N) is 1. The van der Waals surface area contributed by atoms with Gasteiger partial charge in [0.2, 0.25) is 0 Å². The van der Waals surface area contributed by atoms with E-state index in [-0.39, 0.29) is 0 Å². The summed E-state index contributed by atoms with van der Waals surface area (Å²) >= 11 is 0. The Morgan fingerprint density at radius 2 is 1.40 bits per heavy atom. The van der Waals surface area contributed by atoms with Crippen LogP contribution < -0.4 is 0 Å². The van der Waals surface area contributed by atoms with Crippen LogP contribution in [-0.2, 0) is 22.4 Å². The predicted molar refractivity (Wildman–Crippen MR) is 75.8 cm³/mol. The Bertz CT molecular complexity index is 453. The van der Waals surface area contributed by atoms with Crippen molar-refractivity contribution in [3.05, 3.63) is 47.5 Å². The number of likely N-dealkylation sites (N-methyl/N-ethyl adjacent to an activating group) is 1. The number of fused-ring (bicyclic) bond motifs is 1. The van der Waals surface area contributed by atoms with Gasteiger partial charge in [0.1, 0.15) is 0 Å². The van der Waals surface area contributed by atoms with Gasteiger partial charge >= 0.3 is 11.9 Å². The van der Waals surface area contributed by atoms with Gasteiger partial charge in [0.25, 0.3) is 0 Å². The summed E-state index contributed by atoms with van der Waals surface area (Å²) < 4.78 is 0. The number of hydrogen-bond acceptors (Lipinski definition) is 3. The Balaban J connectivity index is 0.000000221. The van der Waals surface area contributed by atoms with Crippen molar-refractivity contribution in [3.8, 4) is 0 Å². The van der Waals surface area contributed by atoms with Crippen LogP contribution in [0, 0.1) is 0 Å². The molecule has 1 aromatic rings. The Hall–Kier alpha value is -2.14. The largest absolute Gasteiger partial charge is 0.478 e. The van der Waals surface area contributed by atoms with Gasteiger partial charge in [-0.1, -0.05) is 24.3 Å². The first kappa shape index (κ1) is 15.9. The van der Waals surface area contributed by atoms with E-state index in [9.17, 15) is 9.59 Å². The summed E-state index contributed by atoms with van der Waals surface area (Å²) in [6.07, 6.45) is 3.55. The predicted octanol–water partition coefficient (Wildman–Crippen LogP) is 1.43. The molecule has 20 heavy (non-hydrogen) atoms. The average Bonchev–Trinajstić information content (AvgIpc) is 2.60. The van der Waals surface area contributed by atoms with Gasteiger partial charge in [-0.15, -0.1) is 0 Å². The average molecular weight is 277 g/mol. The lowest BCUT2D eigenvalue weighted by molar-refractivity contribution is -0.134. The van der Waals surface area contributed by atoms with Gasteiger partial charge in [-0.25, -0.2) is 9.59 Å². The zero-order valence-electron chi connectivity index (χ0n) is 11.5. The summed E-state index contributed by atoms with van der Waals surface area (Å²) in [6.45, 7) is 2.41. The third-order valence-corrected chi connectivity index (χ3v) is 3.01. The molecule has 0 saturated carbocycles. The van der Waals surface area contributed by atoms with E-state index in [0.29, 0.717) is 12.2 Å². The molecule has 2 N–H and O–H groups in total. The zero-order chi connectivity index (χ0) is 15.0. The van der Waals surface area contributed by atoms with Crippen molar-refractivity contribution in [3.63, 3.8) is 0 Å². The van der Waals surface area contributed by atoms with Gasteiger partial charge in [0.05, 0.1) is 0 Å². The highest BCUT2D eigenvalue weighted by Crippen LogP contribution is 2.14. The fraction of sp³-hybridized carbons (Fsp3) is 0.333. The number of carbonyl (C=O) groups is 2. The molecule has 1 aliphatic rings. The lowest BCUT2D eigenvalue weighted by atomic mass is 10.0. The third-order valence-electron chi connectivity index (χ3n) is 3.01. The van der Waals surface area contributed by atoms with Crippen LogP contribution in [0.3, 0.4) is 0 Å². The van der Waals surface area contributed by atoms with Crippen LogP contribution >= 0.6 is 0 Å². The normalized spacial score (nSPS) is 14.8. The minimum atomic E-state index is -1.26. The van der Waals surface area contributed by atoms with Gasteiger partial charge in [0.15, 0.2) is 0 Å². The van der Waals surface area contributed by atoms with E-state index >= 15 is 0 Å². The Kier molecular flexibility index (Phi) is 6.46. The van der Waals surface area contributed by atoms with E-state index in [1.54, 1.807) is 11.1 Å². The molecule has 0 fully saturated rings. The van der Waals surface area contributed by atoms with Crippen LogP contribution in [0.2, 0.25) is 0 Å². The molecule has 0 atom stereocenters. The molecule has 0 aliphatic carbocycles. The highest BCUT2D eigenvalue weighted by Gasteiger charge is 2.08. The first-order chi connectivity index (χ1) is 9.49. The van der Waals surface area contributed by atoms with E-state index in [1.807, 2.05) is 0 Å². The van der Waals surface area contributed by atoms with Crippen molar-refractivity contribution in [2.45, 2.75) is 12.8 Å². The SMILES string of the molecule is CN1CCc2ccccc2CC1.O=C(O)/C=C\C(=O)O. The monoisotopic (exact) mass is 277 g/mol. The second kappa shape index (κ2) is 8.12. The molecule has 0 bridgehead atoms. The lowest BCUT2D eigenvalue weighted by Crippen LogP contribution is -2.20. The molecule has 1 heterocycles. The number of carboxylic acids is 2. The van der Waals surface area contributed by atoms with E-state index < -0.39 is 11.9 Å². The zero-order valence-corrected chi connectivity index (χ0v) is 11.5. The molecule has 5 heteroatoms. The fourth-order valence-electron chi connectivity index (χ4n) is 1.92. The van der Waals surface area contributed by atoms with E-state index in [2.05, 4.69) is 36.2 Å². The fourth-order valence-corrected chi connectivity index (χ4v) is 1.92. The van der Waals surface area contributed by atoms with Crippen LogP contribution in [0.1, 0.15) is 11.1 Å². The number of rotatable bonds is 2. The molecule has 1 aliphatic heterocycles. The van der Waals surface area contributed by atoms with Crippen LogP contribution in [-0.4, -0.2) is 47.2 Å². The molecule has 108 valence electrons. The van der Waals surface area contributed by atoms with Crippen molar-refractivity contribution in [1.82, 2.24) is 4.90 Å². The smallest absolute Gasteiger partial charge is 0.328 e. The van der Waals surface area contributed by atoms with Gasteiger partial charge < -0.3 is 15.1 Å². The molecular formula is C15H19NO4. The maximum Gasteiger partial charge on any atom is 0.328 e. The minimum absolute atomic E-state index is 0.558. The molecule has 1 aromatic carbocycles. The first-order valence-electron chi connectivity index (χ1n) is 6.38. The lowest BCUT2D eigenvalue weighted by Gasteiger charge is -2.10. The summed E-state index contributed by atoms with van der Waals surface area (Å²) in [7, 11) is 2.20. The third kappa shape index (κ3) is 6.15. The van der Waals surface area contributed by atoms with Crippen molar-refractivity contribution in [2.75, 3.05) is 20.1 Å².